The molecule has 1 aliphatic rings. The highest BCUT2D eigenvalue weighted by Gasteiger charge is 2.20. The van der Waals surface area contributed by atoms with Gasteiger partial charge in [0.2, 0.25) is 0 Å². The van der Waals surface area contributed by atoms with Crippen LogP contribution in [0.25, 0.3) is 0 Å². The number of rotatable bonds is 4. The van der Waals surface area contributed by atoms with E-state index < -0.39 is 0 Å². The number of hydrogen-bond acceptors (Lipinski definition) is 3. The number of thiocarbonyl (C=S) groups is 1. The highest BCUT2D eigenvalue weighted by Crippen LogP contribution is 2.22. The summed E-state index contributed by atoms with van der Waals surface area (Å²) in [5, 5.41) is 3.47. The lowest BCUT2D eigenvalue weighted by Gasteiger charge is -2.20. The zero-order valence-electron chi connectivity index (χ0n) is 10.4. The average molecular weight is 328 g/mol. The molecule has 0 radical (unpaired) electrons. The molecule has 0 aromatic heterocycles. The van der Waals surface area contributed by atoms with Crippen LogP contribution in [0.3, 0.4) is 0 Å². The van der Waals surface area contributed by atoms with Gasteiger partial charge in [-0.1, -0.05) is 12.2 Å². The second kappa shape index (κ2) is 5.99. The largest absolute Gasteiger partial charge is 0.389 e. The molecule has 18 heavy (non-hydrogen) atoms. The van der Waals surface area contributed by atoms with Gasteiger partial charge in [0.15, 0.2) is 0 Å². The SMILES string of the molecule is CN1CCCC1CNc1ccc(C(N)=S)c(Br)c1. The summed E-state index contributed by atoms with van der Waals surface area (Å²) in [5.41, 5.74) is 7.61. The Bertz CT molecular complexity index is 450. The van der Waals surface area contributed by atoms with E-state index in [0.717, 1.165) is 22.3 Å². The molecule has 1 saturated heterocycles. The van der Waals surface area contributed by atoms with Crippen LogP contribution in [0.5, 0.6) is 0 Å². The van der Waals surface area contributed by atoms with Crippen molar-refractivity contribution in [2.75, 3.05) is 25.5 Å². The lowest BCUT2D eigenvalue weighted by Crippen LogP contribution is -2.31. The van der Waals surface area contributed by atoms with Gasteiger partial charge in [-0.15, -0.1) is 0 Å². The number of nitrogens with zero attached hydrogens (tertiary/aromatic N) is 1. The van der Waals surface area contributed by atoms with E-state index >= 15 is 0 Å². The molecule has 1 atom stereocenters. The van der Waals surface area contributed by atoms with Gasteiger partial charge in [0.25, 0.3) is 0 Å². The number of anilines is 1. The van der Waals surface area contributed by atoms with Gasteiger partial charge < -0.3 is 16.0 Å². The third-order valence-electron chi connectivity index (χ3n) is 3.45. The molecule has 0 aliphatic carbocycles. The highest BCUT2D eigenvalue weighted by molar-refractivity contribution is 9.10. The minimum absolute atomic E-state index is 0.420. The van der Waals surface area contributed by atoms with Gasteiger partial charge in [-0.2, -0.15) is 0 Å². The smallest absolute Gasteiger partial charge is 0.105 e. The first-order valence-corrected chi connectivity index (χ1v) is 7.31. The average Bonchev–Trinajstić information content (AvgIpc) is 2.72. The Balaban J connectivity index is 1.98. The Kier molecular flexibility index (Phi) is 4.59. The number of halogens is 1. The number of likely N-dealkylation sites (tertiary alicyclic amines) is 1. The lowest BCUT2D eigenvalue weighted by molar-refractivity contribution is 0.322. The molecule has 0 bridgehead atoms. The van der Waals surface area contributed by atoms with Gasteiger partial charge >= 0.3 is 0 Å². The van der Waals surface area contributed by atoms with E-state index in [1.165, 1.54) is 19.4 Å². The quantitative estimate of drug-likeness (QED) is 0.834. The zero-order chi connectivity index (χ0) is 13.1. The summed E-state index contributed by atoms with van der Waals surface area (Å²) >= 11 is 8.48. The summed E-state index contributed by atoms with van der Waals surface area (Å²) in [6.07, 6.45) is 2.57. The molecule has 1 aromatic rings. The molecule has 1 heterocycles. The zero-order valence-corrected chi connectivity index (χ0v) is 12.9. The normalized spacial score (nSPS) is 20.0. The fraction of sp³-hybridized carbons (Fsp3) is 0.462. The molecule has 1 aromatic carbocycles. The summed E-state index contributed by atoms with van der Waals surface area (Å²) in [6, 6.07) is 6.64. The Hall–Kier alpha value is -0.650. The van der Waals surface area contributed by atoms with Crippen LogP contribution < -0.4 is 11.1 Å². The maximum absolute atomic E-state index is 5.63. The Morgan fingerprint density at radius 3 is 2.94 bits per heavy atom. The molecule has 3 N–H and O–H groups in total. The van der Waals surface area contributed by atoms with Gasteiger partial charge in [0.1, 0.15) is 4.99 Å². The van der Waals surface area contributed by atoms with Crippen LogP contribution in [0, 0.1) is 0 Å². The van der Waals surface area contributed by atoms with Gasteiger partial charge in [0.05, 0.1) is 0 Å². The molecule has 3 nitrogen and oxygen atoms in total. The van der Waals surface area contributed by atoms with E-state index in [0.29, 0.717) is 11.0 Å². The maximum atomic E-state index is 5.63. The van der Waals surface area contributed by atoms with Gasteiger partial charge in [-0.3, -0.25) is 0 Å². The summed E-state index contributed by atoms with van der Waals surface area (Å²) in [5.74, 6) is 0. The lowest BCUT2D eigenvalue weighted by atomic mass is 10.2. The molecule has 0 saturated carbocycles. The van der Waals surface area contributed by atoms with E-state index in [2.05, 4.69) is 33.2 Å². The Labute approximate surface area is 122 Å². The van der Waals surface area contributed by atoms with Crippen LogP contribution in [0.2, 0.25) is 0 Å². The van der Waals surface area contributed by atoms with E-state index in [1.807, 2.05) is 18.2 Å². The van der Waals surface area contributed by atoms with E-state index in [9.17, 15) is 0 Å². The van der Waals surface area contributed by atoms with Crippen molar-refractivity contribution in [3.63, 3.8) is 0 Å². The summed E-state index contributed by atoms with van der Waals surface area (Å²) < 4.78 is 0.944. The van der Waals surface area contributed by atoms with Crippen LogP contribution in [0.15, 0.2) is 22.7 Å². The van der Waals surface area contributed by atoms with Gasteiger partial charge in [0, 0.05) is 28.3 Å². The topological polar surface area (TPSA) is 41.3 Å². The molecule has 1 aliphatic heterocycles. The van der Waals surface area contributed by atoms with Crippen molar-refractivity contribution >= 4 is 38.8 Å². The first-order chi connectivity index (χ1) is 8.58. The molecule has 0 amide bonds. The van der Waals surface area contributed by atoms with Crippen molar-refractivity contribution in [1.29, 1.82) is 0 Å². The Morgan fingerprint density at radius 1 is 1.61 bits per heavy atom. The first-order valence-electron chi connectivity index (χ1n) is 6.11. The number of hydrogen-bond donors (Lipinski definition) is 2. The van der Waals surface area contributed by atoms with Crippen LogP contribution >= 0.6 is 28.1 Å². The van der Waals surface area contributed by atoms with E-state index in [-0.39, 0.29) is 0 Å². The van der Waals surface area contributed by atoms with Crippen LogP contribution in [0.1, 0.15) is 18.4 Å². The predicted octanol–water partition coefficient (Wildman–Crippen LogP) is 2.59. The first kappa shape index (κ1) is 13.8. The predicted molar refractivity (Wildman–Crippen MR) is 84.2 cm³/mol. The summed E-state index contributed by atoms with van der Waals surface area (Å²) in [4.78, 5) is 2.83. The molecule has 1 fully saturated rings. The second-order valence-electron chi connectivity index (χ2n) is 4.72. The Morgan fingerprint density at radius 2 is 2.39 bits per heavy atom. The number of nitrogens with two attached hydrogens (primary N) is 1. The summed E-state index contributed by atoms with van der Waals surface area (Å²) in [6.45, 7) is 2.19. The molecular weight excluding hydrogens is 310 g/mol. The van der Waals surface area contributed by atoms with Crippen LogP contribution in [-0.2, 0) is 0 Å². The monoisotopic (exact) mass is 327 g/mol. The van der Waals surface area contributed by atoms with Crippen LogP contribution in [0.4, 0.5) is 5.69 Å². The van der Waals surface area contributed by atoms with Crippen LogP contribution in [-0.4, -0.2) is 36.1 Å². The highest BCUT2D eigenvalue weighted by atomic mass is 79.9. The minimum Gasteiger partial charge on any atom is -0.389 e. The number of likely N-dealkylation sites (N-methyl/N-ethyl adjacent to an activating group) is 1. The maximum Gasteiger partial charge on any atom is 0.105 e. The van der Waals surface area contributed by atoms with Gasteiger partial charge in [-0.05, 0) is 60.6 Å². The molecular formula is C13H18BrN3S. The van der Waals surface area contributed by atoms with Crippen molar-refractivity contribution in [2.24, 2.45) is 5.73 Å². The van der Waals surface area contributed by atoms with Crippen molar-refractivity contribution < 1.29 is 0 Å². The van der Waals surface area contributed by atoms with Crippen molar-refractivity contribution in [1.82, 2.24) is 4.90 Å². The second-order valence-corrected chi connectivity index (χ2v) is 6.01. The fourth-order valence-corrected chi connectivity index (χ4v) is 3.20. The van der Waals surface area contributed by atoms with E-state index in [4.69, 9.17) is 18.0 Å². The molecule has 0 spiro atoms. The van der Waals surface area contributed by atoms with Crippen molar-refractivity contribution in [3.05, 3.63) is 28.2 Å². The van der Waals surface area contributed by atoms with E-state index in [1.54, 1.807) is 0 Å². The fourth-order valence-electron chi connectivity index (χ4n) is 2.30. The van der Waals surface area contributed by atoms with Crippen molar-refractivity contribution in [3.8, 4) is 0 Å². The summed E-state index contributed by atoms with van der Waals surface area (Å²) in [7, 11) is 2.19. The third-order valence-corrected chi connectivity index (χ3v) is 4.32. The molecule has 5 heteroatoms. The van der Waals surface area contributed by atoms with Crippen molar-refractivity contribution in [2.45, 2.75) is 18.9 Å². The molecule has 98 valence electrons. The number of nitrogens with one attached hydrogen (secondary N) is 1. The molecule has 2 rings (SSSR count). The number of benzene rings is 1. The standard InChI is InChI=1S/C13H18BrN3S/c1-17-6-2-3-10(17)8-16-9-4-5-11(13(15)18)12(14)7-9/h4-5,7,10,16H,2-3,6,8H2,1H3,(H2,15,18). The third kappa shape index (κ3) is 3.22. The minimum atomic E-state index is 0.420. The molecule has 1 unspecified atom stereocenters. The van der Waals surface area contributed by atoms with Gasteiger partial charge in [-0.25, -0.2) is 0 Å².